The Balaban J connectivity index is 2.33. The molecule has 0 bridgehead atoms. The first kappa shape index (κ1) is 12.3. The lowest BCUT2D eigenvalue weighted by atomic mass is 9.94. The van der Waals surface area contributed by atoms with E-state index in [1.807, 2.05) is 38.1 Å². The number of halogens is 1. The molecule has 0 aliphatic heterocycles. The fraction of sp³-hybridized carbons (Fsp3) is 0.333. The van der Waals surface area contributed by atoms with Gasteiger partial charge in [-0.3, -0.25) is 0 Å². The molecule has 2 rings (SSSR count). The quantitative estimate of drug-likeness (QED) is 0.945. The van der Waals surface area contributed by atoms with Crippen molar-refractivity contribution in [3.63, 3.8) is 0 Å². The van der Waals surface area contributed by atoms with Gasteiger partial charge in [0.05, 0.1) is 5.41 Å². The first-order chi connectivity index (χ1) is 8.03. The highest BCUT2D eigenvalue weighted by Crippen LogP contribution is 2.24. The lowest BCUT2D eigenvalue weighted by Crippen LogP contribution is -2.28. The zero-order valence-corrected chi connectivity index (χ0v) is 11.4. The second-order valence-corrected chi connectivity index (χ2v) is 5.43. The van der Waals surface area contributed by atoms with Crippen LogP contribution in [-0.2, 0) is 5.41 Å². The minimum atomic E-state index is -0.291. The molecule has 0 amide bonds. The van der Waals surface area contributed by atoms with Crippen LogP contribution in [0, 0.1) is 0 Å². The number of nitrogens with zero attached hydrogens (tertiary/aromatic N) is 2. The zero-order chi connectivity index (χ0) is 12.5. The summed E-state index contributed by atoms with van der Waals surface area (Å²) in [6.45, 7) is 4.42. The second kappa shape index (κ2) is 4.58. The van der Waals surface area contributed by atoms with Gasteiger partial charge in [-0.25, -0.2) is 0 Å². The maximum Gasteiger partial charge on any atom is 0.233 e. The van der Waals surface area contributed by atoms with Gasteiger partial charge in [0, 0.05) is 16.6 Å². The number of benzene rings is 1. The molecule has 0 atom stereocenters. The third-order valence-electron chi connectivity index (χ3n) is 2.62. The van der Waals surface area contributed by atoms with Gasteiger partial charge < -0.3 is 10.3 Å². The molecule has 0 aliphatic rings. The smallest absolute Gasteiger partial charge is 0.233 e. The summed E-state index contributed by atoms with van der Waals surface area (Å²) < 4.78 is 6.27. The fourth-order valence-corrected chi connectivity index (χ4v) is 1.57. The molecule has 17 heavy (non-hydrogen) atoms. The predicted octanol–water partition coefficient (Wildman–Crippen LogP) is 2.74. The average Bonchev–Trinajstić information content (AvgIpc) is 2.80. The van der Waals surface area contributed by atoms with Crippen molar-refractivity contribution < 1.29 is 4.52 Å². The monoisotopic (exact) mass is 295 g/mol. The van der Waals surface area contributed by atoms with Crippen LogP contribution in [0.1, 0.15) is 19.7 Å². The number of rotatable bonds is 3. The van der Waals surface area contributed by atoms with E-state index in [1.165, 1.54) is 0 Å². The summed E-state index contributed by atoms with van der Waals surface area (Å²) in [5.74, 6) is 1.16. The van der Waals surface area contributed by atoms with Gasteiger partial charge >= 0.3 is 0 Å². The van der Waals surface area contributed by atoms with Gasteiger partial charge in [0.1, 0.15) is 0 Å². The highest BCUT2D eigenvalue weighted by atomic mass is 79.9. The van der Waals surface area contributed by atoms with E-state index in [0.29, 0.717) is 18.3 Å². The lowest BCUT2D eigenvalue weighted by molar-refractivity contribution is 0.311. The van der Waals surface area contributed by atoms with Crippen molar-refractivity contribution in [2.75, 3.05) is 6.54 Å². The van der Waals surface area contributed by atoms with E-state index < -0.39 is 0 Å². The molecule has 0 aliphatic carbocycles. The van der Waals surface area contributed by atoms with Gasteiger partial charge in [-0.15, -0.1) is 0 Å². The molecule has 2 aromatic rings. The summed E-state index contributed by atoms with van der Waals surface area (Å²) in [6, 6.07) is 7.77. The maximum atomic E-state index is 5.67. The van der Waals surface area contributed by atoms with Gasteiger partial charge in [0.15, 0.2) is 0 Å². The third kappa shape index (κ3) is 2.56. The van der Waals surface area contributed by atoms with Crippen LogP contribution in [0.4, 0.5) is 0 Å². The number of hydrogen-bond acceptors (Lipinski definition) is 4. The summed E-state index contributed by atoms with van der Waals surface area (Å²) in [4.78, 5) is 4.38. The van der Waals surface area contributed by atoms with Crippen molar-refractivity contribution in [2.45, 2.75) is 19.3 Å². The number of aromatic nitrogens is 2. The van der Waals surface area contributed by atoms with Gasteiger partial charge in [-0.1, -0.05) is 21.1 Å². The molecular weight excluding hydrogens is 282 g/mol. The maximum absolute atomic E-state index is 5.67. The van der Waals surface area contributed by atoms with Crippen LogP contribution < -0.4 is 5.73 Å². The summed E-state index contributed by atoms with van der Waals surface area (Å²) in [5.41, 5.74) is 6.31. The Morgan fingerprint density at radius 1 is 1.29 bits per heavy atom. The van der Waals surface area contributed by atoms with E-state index in [2.05, 4.69) is 26.1 Å². The molecule has 0 unspecified atom stereocenters. The van der Waals surface area contributed by atoms with Crippen LogP contribution in [0.3, 0.4) is 0 Å². The van der Waals surface area contributed by atoms with Gasteiger partial charge in [-0.2, -0.15) is 4.98 Å². The van der Waals surface area contributed by atoms with E-state index in [0.717, 1.165) is 10.0 Å². The molecule has 5 heteroatoms. The Hall–Kier alpha value is -1.20. The van der Waals surface area contributed by atoms with E-state index in [-0.39, 0.29) is 5.41 Å². The second-order valence-electron chi connectivity index (χ2n) is 4.52. The highest BCUT2D eigenvalue weighted by Gasteiger charge is 2.26. The molecule has 0 saturated carbocycles. The Kier molecular flexibility index (Phi) is 3.31. The summed E-state index contributed by atoms with van der Waals surface area (Å²) in [5, 5.41) is 3.97. The summed E-state index contributed by atoms with van der Waals surface area (Å²) >= 11 is 3.39. The largest absolute Gasteiger partial charge is 0.338 e. The first-order valence-electron chi connectivity index (χ1n) is 5.33. The van der Waals surface area contributed by atoms with E-state index >= 15 is 0 Å². The van der Waals surface area contributed by atoms with Crippen molar-refractivity contribution in [3.05, 3.63) is 34.6 Å². The van der Waals surface area contributed by atoms with Crippen molar-refractivity contribution in [2.24, 2.45) is 5.73 Å². The van der Waals surface area contributed by atoms with Crippen LogP contribution in [0.15, 0.2) is 33.3 Å². The van der Waals surface area contributed by atoms with Crippen LogP contribution in [-0.4, -0.2) is 16.7 Å². The minimum Gasteiger partial charge on any atom is -0.338 e. The van der Waals surface area contributed by atoms with Crippen LogP contribution in [0.25, 0.3) is 11.4 Å². The molecular formula is C12H14BrN3O. The highest BCUT2D eigenvalue weighted by molar-refractivity contribution is 9.10. The number of nitrogens with two attached hydrogens (primary N) is 1. The number of hydrogen-bond donors (Lipinski definition) is 1. The van der Waals surface area contributed by atoms with Gasteiger partial charge in [-0.05, 0) is 38.1 Å². The van der Waals surface area contributed by atoms with E-state index in [1.54, 1.807) is 0 Å². The molecule has 4 nitrogen and oxygen atoms in total. The minimum absolute atomic E-state index is 0.291. The van der Waals surface area contributed by atoms with E-state index in [4.69, 9.17) is 10.3 Å². The topological polar surface area (TPSA) is 64.9 Å². The Bertz CT molecular complexity index is 505. The first-order valence-corrected chi connectivity index (χ1v) is 6.12. The average molecular weight is 296 g/mol. The SMILES string of the molecule is CC(C)(CN)c1nc(-c2ccc(Br)cc2)no1. The Labute approximate surface area is 108 Å². The molecule has 0 radical (unpaired) electrons. The third-order valence-corrected chi connectivity index (χ3v) is 3.15. The van der Waals surface area contributed by atoms with Crippen LogP contribution in [0.2, 0.25) is 0 Å². The summed E-state index contributed by atoms with van der Waals surface area (Å²) in [7, 11) is 0. The molecule has 0 spiro atoms. The molecule has 0 fully saturated rings. The van der Waals surface area contributed by atoms with Crippen molar-refractivity contribution in [1.29, 1.82) is 0 Å². The molecule has 90 valence electrons. The molecule has 1 aromatic carbocycles. The Morgan fingerprint density at radius 3 is 2.53 bits per heavy atom. The standard InChI is InChI=1S/C12H14BrN3O/c1-12(2,7-14)11-15-10(16-17-11)8-3-5-9(13)6-4-8/h3-6H,7,14H2,1-2H3. The lowest BCUT2D eigenvalue weighted by Gasteiger charge is -2.15. The van der Waals surface area contributed by atoms with Crippen LogP contribution >= 0.6 is 15.9 Å². The predicted molar refractivity (Wildman–Crippen MR) is 69.5 cm³/mol. The van der Waals surface area contributed by atoms with Crippen molar-refractivity contribution in [1.82, 2.24) is 10.1 Å². The van der Waals surface area contributed by atoms with Crippen molar-refractivity contribution in [3.8, 4) is 11.4 Å². The van der Waals surface area contributed by atoms with Gasteiger partial charge in [0.25, 0.3) is 0 Å². The summed E-state index contributed by atoms with van der Waals surface area (Å²) in [6.07, 6.45) is 0. The molecule has 1 heterocycles. The normalized spacial score (nSPS) is 11.8. The van der Waals surface area contributed by atoms with Crippen LogP contribution in [0.5, 0.6) is 0 Å². The fourth-order valence-electron chi connectivity index (χ4n) is 1.30. The van der Waals surface area contributed by atoms with Crippen molar-refractivity contribution >= 4 is 15.9 Å². The molecule has 1 aromatic heterocycles. The Morgan fingerprint density at radius 2 is 1.94 bits per heavy atom. The zero-order valence-electron chi connectivity index (χ0n) is 9.77. The molecule has 2 N–H and O–H groups in total. The molecule has 0 saturated heterocycles. The van der Waals surface area contributed by atoms with Gasteiger partial charge in [0.2, 0.25) is 11.7 Å². The van der Waals surface area contributed by atoms with E-state index in [9.17, 15) is 0 Å².